The molecule has 2 amide bonds. The lowest BCUT2D eigenvalue weighted by molar-refractivity contribution is -0.141. The zero-order valence-corrected chi connectivity index (χ0v) is 23.8. The van der Waals surface area contributed by atoms with E-state index < -0.39 is 6.04 Å². The Balaban J connectivity index is 1.80. The van der Waals surface area contributed by atoms with Gasteiger partial charge in [0.15, 0.2) is 0 Å². The molecule has 0 fully saturated rings. The van der Waals surface area contributed by atoms with Crippen LogP contribution >= 0.6 is 46.6 Å². The third-order valence-corrected chi connectivity index (χ3v) is 7.73. The molecule has 37 heavy (non-hydrogen) atoms. The third-order valence-electron chi connectivity index (χ3n) is 5.79. The molecule has 3 aromatic carbocycles. The van der Waals surface area contributed by atoms with Gasteiger partial charge in [-0.2, -0.15) is 0 Å². The van der Waals surface area contributed by atoms with Crippen molar-refractivity contribution in [1.29, 1.82) is 0 Å². The molecule has 196 valence electrons. The molecule has 0 saturated carbocycles. The van der Waals surface area contributed by atoms with E-state index in [0.29, 0.717) is 40.9 Å². The molecule has 0 aliphatic carbocycles. The van der Waals surface area contributed by atoms with Gasteiger partial charge in [0.05, 0.1) is 0 Å². The van der Waals surface area contributed by atoms with Crippen LogP contribution in [0.5, 0.6) is 0 Å². The number of amides is 2. The molecular weight excluding hydrogens is 547 g/mol. The first-order valence-corrected chi connectivity index (χ1v) is 14.4. The van der Waals surface area contributed by atoms with Gasteiger partial charge < -0.3 is 10.2 Å². The van der Waals surface area contributed by atoms with Gasteiger partial charge in [0.2, 0.25) is 11.8 Å². The normalized spacial score (nSPS) is 11.7. The monoisotopic (exact) mass is 576 g/mol. The summed E-state index contributed by atoms with van der Waals surface area (Å²) in [6, 6.07) is 22.0. The number of hydrogen-bond donors (Lipinski definition) is 1. The van der Waals surface area contributed by atoms with E-state index in [1.807, 2.05) is 67.6 Å². The second-order valence-corrected chi connectivity index (χ2v) is 11.1. The Hall–Kier alpha value is -2.18. The molecule has 0 aromatic heterocycles. The molecule has 0 radical (unpaired) electrons. The van der Waals surface area contributed by atoms with Crippen molar-refractivity contribution < 1.29 is 9.59 Å². The number of rotatable bonds is 13. The van der Waals surface area contributed by atoms with Gasteiger partial charge in [0, 0.05) is 45.9 Å². The van der Waals surface area contributed by atoms with Crippen LogP contribution in [-0.2, 0) is 22.6 Å². The number of carbonyl (C=O) groups excluding carboxylic acids is 2. The molecule has 0 unspecified atom stereocenters. The fourth-order valence-corrected chi connectivity index (χ4v) is 5.29. The maximum atomic E-state index is 13.6. The first-order valence-electron chi connectivity index (χ1n) is 12.3. The van der Waals surface area contributed by atoms with Crippen molar-refractivity contribution in [1.82, 2.24) is 10.2 Å². The van der Waals surface area contributed by atoms with Gasteiger partial charge in [0.1, 0.15) is 6.04 Å². The van der Waals surface area contributed by atoms with Crippen LogP contribution in [0.3, 0.4) is 0 Å². The minimum atomic E-state index is -0.669. The third kappa shape index (κ3) is 9.57. The topological polar surface area (TPSA) is 49.4 Å². The van der Waals surface area contributed by atoms with E-state index in [1.54, 1.807) is 28.8 Å². The van der Waals surface area contributed by atoms with Gasteiger partial charge in [-0.15, -0.1) is 11.8 Å². The fourth-order valence-electron chi connectivity index (χ4n) is 3.84. The predicted octanol–water partition coefficient (Wildman–Crippen LogP) is 7.69. The van der Waals surface area contributed by atoms with Crippen LogP contribution in [0.2, 0.25) is 15.1 Å². The first-order chi connectivity index (χ1) is 17.9. The van der Waals surface area contributed by atoms with Crippen LogP contribution in [0.25, 0.3) is 0 Å². The van der Waals surface area contributed by atoms with Crippen molar-refractivity contribution in [2.45, 2.75) is 50.1 Å². The summed E-state index contributed by atoms with van der Waals surface area (Å²) in [6.45, 7) is 2.77. The van der Waals surface area contributed by atoms with Crippen molar-refractivity contribution in [3.8, 4) is 0 Å². The summed E-state index contributed by atoms with van der Waals surface area (Å²) in [4.78, 5) is 29.8. The Labute approximate surface area is 238 Å². The van der Waals surface area contributed by atoms with E-state index in [-0.39, 0.29) is 18.4 Å². The maximum Gasteiger partial charge on any atom is 0.243 e. The second-order valence-electron chi connectivity index (χ2n) is 8.66. The van der Waals surface area contributed by atoms with Crippen molar-refractivity contribution >= 4 is 58.4 Å². The van der Waals surface area contributed by atoms with Crippen molar-refractivity contribution in [2.24, 2.45) is 0 Å². The van der Waals surface area contributed by atoms with Crippen LogP contribution in [0, 0.1) is 0 Å². The molecule has 3 rings (SSSR count). The van der Waals surface area contributed by atoms with Gasteiger partial charge in [-0.3, -0.25) is 9.59 Å². The van der Waals surface area contributed by atoms with Gasteiger partial charge in [0.25, 0.3) is 0 Å². The number of nitrogens with one attached hydrogen (secondary N) is 1. The average Bonchev–Trinajstić information content (AvgIpc) is 2.89. The molecule has 3 aromatic rings. The Morgan fingerprint density at radius 1 is 0.946 bits per heavy atom. The molecule has 0 spiro atoms. The van der Waals surface area contributed by atoms with E-state index in [2.05, 4.69) is 5.32 Å². The molecule has 0 aliphatic rings. The molecule has 0 bridgehead atoms. The van der Waals surface area contributed by atoms with Gasteiger partial charge in [-0.25, -0.2) is 0 Å². The van der Waals surface area contributed by atoms with E-state index in [0.717, 1.165) is 28.2 Å². The number of benzene rings is 3. The summed E-state index contributed by atoms with van der Waals surface area (Å²) in [5.41, 5.74) is 1.73. The minimum absolute atomic E-state index is 0.0877. The lowest BCUT2D eigenvalue weighted by atomic mass is 10.0. The van der Waals surface area contributed by atoms with E-state index in [1.165, 1.54) is 0 Å². The summed E-state index contributed by atoms with van der Waals surface area (Å²) in [7, 11) is 0. The highest BCUT2D eigenvalue weighted by molar-refractivity contribution is 7.99. The summed E-state index contributed by atoms with van der Waals surface area (Å²) in [5.74, 6) is 0.517. The van der Waals surface area contributed by atoms with Crippen LogP contribution < -0.4 is 5.32 Å². The maximum absolute atomic E-state index is 13.6. The summed E-state index contributed by atoms with van der Waals surface area (Å²) in [5, 5.41) is 4.67. The highest BCUT2D eigenvalue weighted by Gasteiger charge is 2.30. The Morgan fingerprint density at radius 2 is 1.65 bits per heavy atom. The Kier molecular flexibility index (Phi) is 12.1. The zero-order valence-electron chi connectivity index (χ0n) is 20.8. The van der Waals surface area contributed by atoms with Crippen molar-refractivity contribution in [2.75, 3.05) is 12.3 Å². The SMILES string of the molecule is CCCNC(=O)[C@H](Cc1ccccc1)N(Cc1ccc(Cl)cc1Cl)C(=O)CCCSc1ccc(Cl)cc1. The van der Waals surface area contributed by atoms with Gasteiger partial charge >= 0.3 is 0 Å². The first kappa shape index (κ1) is 29.4. The Morgan fingerprint density at radius 3 is 2.32 bits per heavy atom. The van der Waals surface area contributed by atoms with Crippen LogP contribution in [-0.4, -0.2) is 35.1 Å². The molecule has 0 aliphatic heterocycles. The summed E-state index contributed by atoms with van der Waals surface area (Å²) < 4.78 is 0. The molecule has 0 saturated heterocycles. The number of thioether (sulfide) groups is 1. The Bertz CT molecular complexity index is 1160. The predicted molar refractivity (Wildman–Crippen MR) is 156 cm³/mol. The van der Waals surface area contributed by atoms with Crippen LogP contribution in [0.4, 0.5) is 0 Å². The van der Waals surface area contributed by atoms with Crippen molar-refractivity contribution in [3.63, 3.8) is 0 Å². The average molecular weight is 578 g/mol. The van der Waals surface area contributed by atoms with Crippen molar-refractivity contribution in [3.05, 3.63) is 99.0 Å². The fraction of sp³-hybridized carbons (Fsp3) is 0.310. The highest BCUT2D eigenvalue weighted by atomic mass is 35.5. The standard InChI is InChI=1S/C29H31Cl3N2O2S/c1-2-16-33-29(36)27(18-21-7-4-3-5-8-21)34(20-22-10-11-24(31)19-26(22)32)28(35)9-6-17-37-25-14-12-23(30)13-15-25/h3-5,7-8,10-15,19,27H,2,6,9,16-18,20H2,1H3,(H,33,36)/t27-/m0/s1. The summed E-state index contributed by atoms with van der Waals surface area (Å²) in [6.07, 6.45) is 2.21. The largest absolute Gasteiger partial charge is 0.354 e. The number of carbonyl (C=O) groups is 2. The van der Waals surface area contributed by atoms with Crippen LogP contribution in [0.15, 0.2) is 77.7 Å². The second kappa shape index (κ2) is 15.3. The van der Waals surface area contributed by atoms with Gasteiger partial charge in [-0.05, 0) is 66.1 Å². The van der Waals surface area contributed by atoms with E-state index in [9.17, 15) is 9.59 Å². The number of nitrogens with zero attached hydrogens (tertiary/aromatic N) is 1. The highest BCUT2D eigenvalue weighted by Crippen LogP contribution is 2.26. The lowest BCUT2D eigenvalue weighted by Gasteiger charge is -2.32. The minimum Gasteiger partial charge on any atom is -0.354 e. The van der Waals surface area contributed by atoms with E-state index in [4.69, 9.17) is 34.8 Å². The molecular formula is C29H31Cl3N2O2S. The lowest BCUT2D eigenvalue weighted by Crippen LogP contribution is -2.50. The number of hydrogen-bond acceptors (Lipinski definition) is 3. The molecule has 4 nitrogen and oxygen atoms in total. The summed E-state index contributed by atoms with van der Waals surface area (Å²) >= 11 is 20.2. The quantitative estimate of drug-likeness (QED) is 0.167. The molecule has 8 heteroatoms. The van der Waals surface area contributed by atoms with Gasteiger partial charge in [-0.1, -0.05) is 78.1 Å². The van der Waals surface area contributed by atoms with E-state index >= 15 is 0 Å². The molecule has 0 heterocycles. The zero-order chi connectivity index (χ0) is 26.6. The molecule has 1 atom stereocenters. The number of halogens is 3. The smallest absolute Gasteiger partial charge is 0.243 e. The molecule has 1 N–H and O–H groups in total. The van der Waals surface area contributed by atoms with Crippen LogP contribution in [0.1, 0.15) is 37.3 Å².